The predicted molar refractivity (Wildman–Crippen MR) is 172 cm³/mol. The van der Waals surface area contributed by atoms with Gasteiger partial charge in [0.1, 0.15) is 17.2 Å². The van der Waals surface area contributed by atoms with Crippen LogP contribution in [-0.2, 0) is 0 Å². The number of anilines is 1. The van der Waals surface area contributed by atoms with Crippen molar-refractivity contribution in [3.8, 4) is 22.9 Å². The first kappa shape index (κ1) is 27.5. The molecule has 0 amide bonds. The lowest BCUT2D eigenvalue weighted by Gasteiger charge is -2.28. The summed E-state index contributed by atoms with van der Waals surface area (Å²) in [6.07, 6.45) is 1.84. The molecule has 5 aromatic rings. The fourth-order valence-corrected chi connectivity index (χ4v) is 6.19. The largest absolute Gasteiger partial charge is 0.497 e. The van der Waals surface area contributed by atoms with E-state index in [9.17, 15) is 0 Å². The van der Waals surface area contributed by atoms with Crippen LogP contribution >= 0.6 is 12.2 Å². The van der Waals surface area contributed by atoms with E-state index in [1.54, 1.807) is 7.11 Å². The summed E-state index contributed by atoms with van der Waals surface area (Å²) in [5, 5.41) is 4.25. The summed E-state index contributed by atoms with van der Waals surface area (Å²) in [6.45, 7) is 8.72. The highest BCUT2D eigenvalue weighted by Gasteiger charge is 2.42. The Kier molecular flexibility index (Phi) is 7.43. The van der Waals surface area contributed by atoms with Gasteiger partial charge in [0.25, 0.3) is 0 Å². The Morgan fingerprint density at radius 3 is 2.17 bits per heavy atom. The molecule has 1 saturated heterocycles. The zero-order valence-corrected chi connectivity index (χ0v) is 25.3. The minimum Gasteiger partial charge on any atom is -0.497 e. The van der Waals surface area contributed by atoms with Crippen LogP contribution in [0.3, 0.4) is 0 Å². The second-order valence-corrected chi connectivity index (χ2v) is 11.0. The molecular weight excluding hydrogens is 540 g/mol. The number of thiocarbonyl (C=S) groups is 1. The number of ether oxygens (including phenoxy) is 2. The third-order valence-electron chi connectivity index (χ3n) is 8.11. The van der Waals surface area contributed by atoms with Crippen LogP contribution in [-0.4, -0.2) is 21.8 Å². The molecule has 0 aliphatic carbocycles. The van der Waals surface area contributed by atoms with E-state index >= 15 is 0 Å². The average molecular weight is 575 g/mol. The number of aryl methyl sites for hydroxylation is 2. The van der Waals surface area contributed by atoms with E-state index in [0.29, 0.717) is 5.11 Å². The first-order valence-corrected chi connectivity index (χ1v) is 14.4. The van der Waals surface area contributed by atoms with Gasteiger partial charge in [0.15, 0.2) is 5.11 Å². The van der Waals surface area contributed by atoms with Crippen LogP contribution in [0.1, 0.15) is 45.9 Å². The van der Waals surface area contributed by atoms with Gasteiger partial charge in [0.05, 0.1) is 24.9 Å². The molecule has 6 rings (SSSR count). The van der Waals surface area contributed by atoms with Gasteiger partial charge in [0, 0.05) is 29.0 Å². The standard InChI is InChI=1S/C35H34N4O2S/c1-22-9-8-11-32(24(22)3)38-23(2)21-30(25(38)4)34-33(31-10-6-7-20-36-31)37-35(42)39(34)26-12-14-28(15-13-26)41-29-18-16-27(40-5)17-19-29/h6-21,33-34H,1-5H3,(H,37,42)/t33-,34+/m1/s1. The molecule has 0 unspecified atom stereocenters. The van der Waals surface area contributed by atoms with E-state index in [1.165, 1.54) is 33.8 Å². The lowest BCUT2D eigenvalue weighted by molar-refractivity contribution is 0.413. The van der Waals surface area contributed by atoms with Crippen LogP contribution in [0, 0.1) is 27.7 Å². The zero-order chi connectivity index (χ0) is 29.4. The van der Waals surface area contributed by atoms with Gasteiger partial charge < -0.3 is 24.3 Å². The SMILES string of the molecule is COc1ccc(Oc2ccc(N3C(=S)N[C@H](c4ccccn4)[C@@H]3c3cc(C)n(-c4cccc(C)c4C)c3C)cc2)cc1. The average Bonchev–Trinajstić information content (AvgIpc) is 3.50. The van der Waals surface area contributed by atoms with Gasteiger partial charge in [-0.05, 0) is 129 Å². The Hall–Kier alpha value is -4.62. The molecule has 0 bridgehead atoms. The first-order valence-electron chi connectivity index (χ1n) is 14.0. The number of hydrogen-bond acceptors (Lipinski definition) is 4. The maximum Gasteiger partial charge on any atom is 0.174 e. The van der Waals surface area contributed by atoms with Crippen LogP contribution in [0.15, 0.2) is 97.2 Å². The second-order valence-electron chi connectivity index (χ2n) is 10.6. The molecule has 1 aliphatic heterocycles. The van der Waals surface area contributed by atoms with Crippen LogP contribution in [0.2, 0.25) is 0 Å². The lowest BCUT2D eigenvalue weighted by Crippen LogP contribution is -2.29. The Morgan fingerprint density at radius 1 is 0.810 bits per heavy atom. The molecule has 1 fully saturated rings. The van der Waals surface area contributed by atoms with Crippen molar-refractivity contribution >= 4 is 23.0 Å². The number of aromatic nitrogens is 2. The van der Waals surface area contributed by atoms with Crippen molar-refractivity contribution in [1.82, 2.24) is 14.9 Å². The molecule has 42 heavy (non-hydrogen) atoms. The smallest absolute Gasteiger partial charge is 0.174 e. The van der Waals surface area contributed by atoms with E-state index in [1.807, 2.05) is 54.7 Å². The summed E-state index contributed by atoms with van der Waals surface area (Å²) in [4.78, 5) is 6.94. The molecular formula is C35H34N4O2S. The number of nitrogens with zero attached hydrogens (tertiary/aromatic N) is 3. The van der Waals surface area contributed by atoms with Gasteiger partial charge in [-0.15, -0.1) is 0 Å². The highest BCUT2D eigenvalue weighted by atomic mass is 32.1. The minimum absolute atomic E-state index is 0.106. The molecule has 1 aliphatic rings. The third kappa shape index (κ3) is 5.01. The molecule has 212 valence electrons. The molecule has 3 aromatic carbocycles. The van der Waals surface area contributed by atoms with Gasteiger partial charge in [-0.25, -0.2) is 0 Å². The normalized spacial score (nSPS) is 16.4. The van der Waals surface area contributed by atoms with Crippen molar-refractivity contribution in [3.63, 3.8) is 0 Å². The lowest BCUT2D eigenvalue weighted by atomic mass is 9.96. The Bertz CT molecular complexity index is 1730. The first-order chi connectivity index (χ1) is 20.4. The van der Waals surface area contributed by atoms with Crippen LogP contribution < -0.4 is 19.7 Å². The van der Waals surface area contributed by atoms with Gasteiger partial charge in [0.2, 0.25) is 0 Å². The maximum atomic E-state index is 6.10. The zero-order valence-electron chi connectivity index (χ0n) is 24.5. The van der Waals surface area contributed by atoms with Gasteiger partial charge in [-0.1, -0.05) is 18.2 Å². The van der Waals surface area contributed by atoms with E-state index in [4.69, 9.17) is 26.7 Å². The molecule has 7 heteroatoms. The summed E-state index contributed by atoms with van der Waals surface area (Å²) in [6, 6.07) is 30.2. The molecule has 0 spiro atoms. The summed E-state index contributed by atoms with van der Waals surface area (Å²) >= 11 is 5.99. The summed E-state index contributed by atoms with van der Waals surface area (Å²) < 4.78 is 13.7. The van der Waals surface area contributed by atoms with Crippen molar-refractivity contribution in [2.45, 2.75) is 39.8 Å². The van der Waals surface area contributed by atoms with E-state index in [2.05, 4.69) is 84.9 Å². The molecule has 0 saturated carbocycles. The number of methoxy groups -OCH3 is 1. The third-order valence-corrected chi connectivity index (χ3v) is 8.43. The fraction of sp³-hybridized carbons (Fsp3) is 0.200. The van der Waals surface area contributed by atoms with Crippen molar-refractivity contribution in [1.29, 1.82) is 0 Å². The molecule has 2 atom stereocenters. The minimum atomic E-state index is -0.124. The number of benzene rings is 3. The highest BCUT2D eigenvalue weighted by molar-refractivity contribution is 7.80. The van der Waals surface area contributed by atoms with Gasteiger partial charge in [-0.3, -0.25) is 4.98 Å². The van der Waals surface area contributed by atoms with Crippen molar-refractivity contribution in [2.75, 3.05) is 12.0 Å². The predicted octanol–water partition coefficient (Wildman–Crippen LogP) is 8.08. The van der Waals surface area contributed by atoms with Crippen molar-refractivity contribution < 1.29 is 9.47 Å². The molecule has 6 nitrogen and oxygen atoms in total. The summed E-state index contributed by atoms with van der Waals surface area (Å²) in [5.74, 6) is 2.28. The quantitative estimate of drug-likeness (QED) is 0.198. The van der Waals surface area contributed by atoms with E-state index < -0.39 is 0 Å². The van der Waals surface area contributed by atoms with Crippen molar-refractivity contribution in [2.24, 2.45) is 0 Å². The molecule has 0 radical (unpaired) electrons. The number of hydrogen-bond donors (Lipinski definition) is 1. The van der Waals surface area contributed by atoms with E-state index in [0.717, 1.165) is 28.6 Å². The Balaban J connectivity index is 1.40. The van der Waals surface area contributed by atoms with Crippen LogP contribution in [0.25, 0.3) is 5.69 Å². The summed E-state index contributed by atoms with van der Waals surface area (Å²) in [7, 11) is 1.65. The Labute approximate surface area is 252 Å². The highest BCUT2D eigenvalue weighted by Crippen LogP contribution is 2.44. The van der Waals surface area contributed by atoms with E-state index in [-0.39, 0.29) is 12.1 Å². The second kappa shape index (κ2) is 11.3. The monoisotopic (exact) mass is 574 g/mol. The number of rotatable bonds is 7. The topological polar surface area (TPSA) is 51.6 Å². The maximum absolute atomic E-state index is 6.10. The molecule has 3 heterocycles. The van der Waals surface area contributed by atoms with Crippen molar-refractivity contribution in [3.05, 3.63) is 131 Å². The number of pyridine rings is 1. The summed E-state index contributed by atoms with van der Waals surface area (Å²) in [5.41, 5.74) is 9.24. The fourth-order valence-electron chi connectivity index (χ4n) is 5.84. The molecule has 1 N–H and O–H groups in total. The van der Waals surface area contributed by atoms with Gasteiger partial charge >= 0.3 is 0 Å². The van der Waals surface area contributed by atoms with Gasteiger partial charge in [-0.2, -0.15) is 0 Å². The van der Waals surface area contributed by atoms with Crippen LogP contribution in [0.4, 0.5) is 5.69 Å². The Morgan fingerprint density at radius 2 is 1.50 bits per heavy atom. The number of nitrogens with one attached hydrogen (secondary N) is 1. The molecule has 2 aromatic heterocycles. The van der Waals surface area contributed by atoms with Crippen LogP contribution in [0.5, 0.6) is 17.2 Å².